The lowest BCUT2D eigenvalue weighted by molar-refractivity contribution is 0.0697. The fraction of sp³-hybridized carbons (Fsp3) is 0.167. The molecule has 0 radical (unpaired) electrons. The van der Waals surface area contributed by atoms with Crippen LogP contribution in [0.3, 0.4) is 0 Å². The van der Waals surface area contributed by atoms with Gasteiger partial charge < -0.3 is 10.4 Å². The van der Waals surface area contributed by atoms with E-state index in [-0.39, 0.29) is 45.5 Å². The second-order valence-corrected chi connectivity index (χ2v) is 6.69. The number of aromatic carboxylic acids is 1. The Balaban J connectivity index is 2.39. The number of hydrogen-bond acceptors (Lipinski definition) is 4. The quantitative estimate of drug-likeness (QED) is 0.714. The van der Waals surface area contributed by atoms with E-state index in [2.05, 4.69) is 21.2 Å². The molecular weight excluding hydrogens is 374 g/mol. The molecule has 0 saturated carbocycles. The second-order valence-electron chi connectivity index (χ2n) is 5.84. The SMILES string of the molecule is CC(C)Nc1c(C(=O)O)cc(Br)c2c1C(=O)c1ccccc1C2=O. The van der Waals surface area contributed by atoms with Crippen LogP contribution >= 0.6 is 15.9 Å². The van der Waals surface area contributed by atoms with Crippen molar-refractivity contribution < 1.29 is 19.5 Å². The number of halogens is 1. The van der Waals surface area contributed by atoms with Crippen molar-refractivity contribution in [1.29, 1.82) is 0 Å². The molecule has 0 bridgehead atoms. The highest BCUT2D eigenvalue weighted by Gasteiger charge is 2.35. The van der Waals surface area contributed by atoms with E-state index in [1.807, 2.05) is 13.8 Å². The molecule has 2 aromatic carbocycles. The number of carboxylic acids is 1. The lowest BCUT2D eigenvalue weighted by atomic mass is 9.82. The number of rotatable bonds is 3. The summed E-state index contributed by atoms with van der Waals surface area (Å²) in [6.07, 6.45) is 0. The third-order valence-electron chi connectivity index (χ3n) is 3.81. The van der Waals surface area contributed by atoms with Crippen molar-refractivity contribution >= 4 is 39.2 Å². The van der Waals surface area contributed by atoms with Crippen LogP contribution in [0.2, 0.25) is 0 Å². The van der Waals surface area contributed by atoms with E-state index in [9.17, 15) is 19.5 Å². The van der Waals surface area contributed by atoms with Gasteiger partial charge in [0.25, 0.3) is 0 Å². The summed E-state index contributed by atoms with van der Waals surface area (Å²) in [6.45, 7) is 3.67. The van der Waals surface area contributed by atoms with Crippen LogP contribution in [0.15, 0.2) is 34.8 Å². The Kier molecular flexibility index (Phi) is 4.01. The fourth-order valence-corrected chi connectivity index (χ4v) is 3.46. The fourth-order valence-electron chi connectivity index (χ4n) is 2.85. The molecule has 5 nitrogen and oxygen atoms in total. The number of anilines is 1. The molecular formula is C18H14BrNO4. The van der Waals surface area contributed by atoms with Crippen LogP contribution in [0.25, 0.3) is 0 Å². The minimum Gasteiger partial charge on any atom is -0.478 e. The third kappa shape index (κ3) is 2.43. The predicted octanol–water partition coefficient (Wildman–Crippen LogP) is 3.74. The number of carboxylic acid groups (broad SMARTS) is 1. The highest BCUT2D eigenvalue weighted by Crippen LogP contribution is 2.38. The van der Waals surface area contributed by atoms with Gasteiger partial charge in [-0.15, -0.1) is 0 Å². The molecule has 0 fully saturated rings. The van der Waals surface area contributed by atoms with Crippen molar-refractivity contribution in [1.82, 2.24) is 0 Å². The van der Waals surface area contributed by atoms with Gasteiger partial charge >= 0.3 is 5.97 Å². The molecule has 2 aromatic rings. The summed E-state index contributed by atoms with van der Waals surface area (Å²) in [7, 11) is 0. The van der Waals surface area contributed by atoms with E-state index in [1.54, 1.807) is 24.3 Å². The van der Waals surface area contributed by atoms with Crippen LogP contribution in [-0.2, 0) is 0 Å². The summed E-state index contributed by atoms with van der Waals surface area (Å²) in [4.78, 5) is 37.4. The van der Waals surface area contributed by atoms with E-state index in [1.165, 1.54) is 6.07 Å². The Bertz CT molecular complexity index is 902. The summed E-state index contributed by atoms with van der Waals surface area (Å²) in [6, 6.07) is 7.83. The zero-order chi connectivity index (χ0) is 17.6. The monoisotopic (exact) mass is 387 g/mol. The Hall–Kier alpha value is -2.47. The molecule has 0 unspecified atom stereocenters. The first-order valence-electron chi connectivity index (χ1n) is 7.37. The lowest BCUT2D eigenvalue weighted by Crippen LogP contribution is -2.26. The van der Waals surface area contributed by atoms with Crippen LogP contribution in [0.5, 0.6) is 0 Å². The van der Waals surface area contributed by atoms with Crippen LogP contribution in [0, 0.1) is 0 Å². The van der Waals surface area contributed by atoms with Gasteiger partial charge in [-0.2, -0.15) is 0 Å². The molecule has 0 saturated heterocycles. The number of ketones is 2. The number of benzene rings is 2. The van der Waals surface area contributed by atoms with Crippen molar-refractivity contribution in [2.75, 3.05) is 5.32 Å². The minimum absolute atomic E-state index is 0.0464. The largest absolute Gasteiger partial charge is 0.478 e. The van der Waals surface area contributed by atoms with Gasteiger partial charge in [0, 0.05) is 21.6 Å². The van der Waals surface area contributed by atoms with Crippen molar-refractivity contribution in [2.45, 2.75) is 19.9 Å². The Morgan fingerprint density at radius 1 is 1.08 bits per heavy atom. The molecule has 2 N–H and O–H groups in total. The second kappa shape index (κ2) is 5.87. The first-order chi connectivity index (χ1) is 11.3. The molecule has 0 aromatic heterocycles. The first kappa shape index (κ1) is 16.4. The predicted molar refractivity (Wildman–Crippen MR) is 93.2 cm³/mol. The number of carbonyl (C=O) groups excluding carboxylic acids is 2. The molecule has 0 spiro atoms. The number of fused-ring (bicyclic) bond motifs is 2. The maximum absolute atomic E-state index is 13.0. The summed E-state index contributed by atoms with van der Waals surface area (Å²) in [5.41, 5.74) is 1.06. The molecule has 24 heavy (non-hydrogen) atoms. The van der Waals surface area contributed by atoms with Gasteiger partial charge in [-0.3, -0.25) is 9.59 Å². The minimum atomic E-state index is -1.17. The lowest BCUT2D eigenvalue weighted by Gasteiger charge is -2.24. The topological polar surface area (TPSA) is 83.5 Å². The van der Waals surface area contributed by atoms with E-state index >= 15 is 0 Å². The van der Waals surface area contributed by atoms with Crippen LogP contribution < -0.4 is 5.32 Å². The summed E-state index contributed by atoms with van der Waals surface area (Å²) in [5, 5.41) is 12.5. The van der Waals surface area contributed by atoms with Crippen molar-refractivity contribution in [3.8, 4) is 0 Å². The van der Waals surface area contributed by atoms with Gasteiger partial charge in [0.2, 0.25) is 0 Å². The van der Waals surface area contributed by atoms with E-state index in [0.717, 1.165) is 0 Å². The molecule has 6 heteroatoms. The molecule has 1 aliphatic rings. The maximum atomic E-state index is 13.0. The number of nitrogens with one attached hydrogen (secondary N) is 1. The van der Waals surface area contributed by atoms with Gasteiger partial charge in [-0.05, 0) is 35.8 Å². The molecule has 1 aliphatic carbocycles. The van der Waals surface area contributed by atoms with Crippen LogP contribution in [-0.4, -0.2) is 28.7 Å². The van der Waals surface area contributed by atoms with Crippen molar-refractivity contribution in [3.05, 3.63) is 62.6 Å². The molecule has 0 amide bonds. The molecule has 3 rings (SSSR count). The first-order valence-corrected chi connectivity index (χ1v) is 8.17. The normalized spacial score (nSPS) is 12.8. The molecule has 0 aliphatic heterocycles. The van der Waals surface area contributed by atoms with Gasteiger partial charge in [-0.1, -0.05) is 24.3 Å². The zero-order valence-electron chi connectivity index (χ0n) is 13.0. The smallest absolute Gasteiger partial charge is 0.337 e. The Morgan fingerprint density at radius 3 is 2.12 bits per heavy atom. The van der Waals surface area contributed by atoms with Crippen LogP contribution in [0.4, 0.5) is 5.69 Å². The molecule has 0 heterocycles. The Labute approximate surface area is 146 Å². The highest BCUT2D eigenvalue weighted by atomic mass is 79.9. The molecule has 122 valence electrons. The number of carbonyl (C=O) groups is 3. The average Bonchev–Trinajstić information content (AvgIpc) is 2.53. The summed E-state index contributed by atoms with van der Waals surface area (Å²) < 4.78 is 0.303. The number of hydrogen-bond donors (Lipinski definition) is 2. The van der Waals surface area contributed by atoms with Gasteiger partial charge in [0.05, 0.1) is 22.4 Å². The van der Waals surface area contributed by atoms with E-state index < -0.39 is 5.97 Å². The summed E-state index contributed by atoms with van der Waals surface area (Å²) in [5.74, 6) is -1.82. The Morgan fingerprint density at radius 2 is 1.62 bits per heavy atom. The van der Waals surface area contributed by atoms with Crippen molar-refractivity contribution in [2.24, 2.45) is 0 Å². The van der Waals surface area contributed by atoms with Gasteiger partial charge in [0.1, 0.15) is 0 Å². The van der Waals surface area contributed by atoms with E-state index in [0.29, 0.717) is 10.0 Å². The zero-order valence-corrected chi connectivity index (χ0v) is 14.6. The standard InChI is InChI=1S/C18H14BrNO4/c1-8(2)20-15-11(18(23)24)7-12(19)13-14(15)17(22)10-6-4-3-5-9(10)16(13)21/h3-8,20H,1-2H3,(H,23,24). The van der Waals surface area contributed by atoms with Gasteiger partial charge in [0.15, 0.2) is 11.6 Å². The summed E-state index contributed by atoms with van der Waals surface area (Å²) >= 11 is 3.26. The van der Waals surface area contributed by atoms with Gasteiger partial charge in [-0.25, -0.2) is 4.79 Å². The highest BCUT2D eigenvalue weighted by molar-refractivity contribution is 9.10. The van der Waals surface area contributed by atoms with Crippen LogP contribution in [0.1, 0.15) is 56.0 Å². The average molecular weight is 388 g/mol. The molecule has 0 atom stereocenters. The third-order valence-corrected chi connectivity index (χ3v) is 4.44. The van der Waals surface area contributed by atoms with Crippen molar-refractivity contribution in [3.63, 3.8) is 0 Å². The maximum Gasteiger partial charge on any atom is 0.337 e. The van der Waals surface area contributed by atoms with E-state index in [4.69, 9.17) is 0 Å².